The fourth-order valence-corrected chi connectivity index (χ4v) is 2.46. The Morgan fingerprint density at radius 3 is 2.75 bits per heavy atom. The van der Waals surface area contributed by atoms with Crippen molar-refractivity contribution >= 4 is 5.97 Å². The summed E-state index contributed by atoms with van der Waals surface area (Å²) in [6.45, 7) is 3.19. The third kappa shape index (κ3) is 5.28. The van der Waals surface area contributed by atoms with E-state index < -0.39 is 18.1 Å². The number of nitrogens with zero attached hydrogens (tertiary/aromatic N) is 1. The maximum Gasteiger partial charge on any atom is 0.393 e. The SMILES string of the molecule is CCOC(=O)C(CCN1CCCC(C(F)(F)F)C1)NC. The van der Waals surface area contributed by atoms with Gasteiger partial charge in [-0.25, -0.2) is 0 Å². The summed E-state index contributed by atoms with van der Waals surface area (Å²) in [4.78, 5) is 13.4. The quantitative estimate of drug-likeness (QED) is 0.759. The molecule has 1 saturated heterocycles. The van der Waals surface area contributed by atoms with E-state index in [0.29, 0.717) is 32.5 Å². The van der Waals surface area contributed by atoms with Crippen LogP contribution in [0.4, 0.5) is 13.2 Å². The lowest BCUT2D eigenvalue weighted by Gasteiger charge is -2.34. The van der Waals surface area contributed by atoms with Crippen LogP contribution < -0.4 is 5.32 Å². The number of nitrogens with one attached hydrogen (secondary N) is 1. The summed E-state index contributed by atoms with van der Waals surface area (Å²) < 4.78 is 43.0. The number of rotatable bonds is 6. The van der Waals surface area contributed by atoms with Crippen LogP contribution in [0.2, 0.25) is 0 Å². The Morgan fingerprint density at radius 1 is 1.50 bits per heavy atom. The average molecular weight is 296 g/mol. The van der Waals surface area contributed by atoms with Crippen molar-refractivity contribution in [2.24, 2.45) is 5.92 Å². The predicted octanol–water partition coefficient (Wildman–Crippen LogP) is 1.80. The standard InChI is InChI=1S/C13H23F3N2O2/c1-3-20-12(19)11(17-2)6-8-18-7-4-5-10(9-18)13(14,15)16/h10-11,17H,3-9H2,1-2H3. The zero-order valence-corrected chi connectivity index (χ0v) is 12.0. The van der Waals surface area contributed by atoms with Gasteiger partial charge in [-0.2, -0.15) is 13.2 Å². The second-order valence-electron chi connectivity index (χ2n) is 5.06. The minimum absolute atomic E-state index is 0.0305. The molecular formula is C13H23F3N2O2. The summed E-state index contributed by atoms with van der Waals surface area (Å²) in [7, 11) is 1.65. The number of carbonyl (C=O) groups excluding carboxylic acids is 1. The van der Waals surface area contributed by atoms with Gasteiger partial charge in [0.2, 0.25) is 0 Å². The first kappa shape index (κ1) is 17.2. The van der Waals surface area contributed by atoms with Crippen LogP contribution in [0.1, 0.15) is 26.2 Å². The topological polar surface area (TPSA) is 41.6 Å². The first-order valence-electron chi connectivity index (χ1n) is 7.01. The lowest BCUT2D eigenvalue weighted by molar-refractivity contribution is -0.186. The maximum atomic E-state index is 12.7. The Labute approximate surface area is 117 Å². The number of hydrogen-bond acceptors (Lipinski definition) is 4. The molecule has 118 valence electrons. The van der Waals surface area contributed by atoms with Gasteiger partial charge < -0.3 is 15.0 Å². The van der Waals surface area contributed by atoms with Gasteiger partial charge in [0.1, 0.15) is 6.04 Å². The molecule has 0 saturated carbocycles. The van der Waals surface area contributed by atoms with Gasteiger partial charge in [-0.1, -0.05) is 0 Å². The molecule has 0 radical (unpaired) electrons. The number of halogens is 3. The molecule has 0 aliphatic carbocycles. The molecule has 1 fully saturated rings. The zero-order valence-electron chi connectivity index (χ0n) is 12.0. The van der Waals surface area contributed by atoms with Gasteiger partial charge in [0.05, 0.1) is 12.5 Å². The molecule has 1 rings (SSSR count). The lowest BCUT2D eigenvalue weighted by atomic mass is 9.97. The highest BCUT2D eigenvalue weighted by atomic mass is 19.4. The molecule has 0 amide bonds. The van der Waals surface area contributed by atoms with Crippen LogP contribution in [0.3, 0.4) is 0 Å². The second kappa shape index (κ2) is 7.83. The average Bonchev–Trinajstić information content (AvgIpc) is 2.39. The third-order valence-corrected chi connectivity index (χ3v) is 3.62. The third-order valence-electron chi connectivity index (χ3n) is 3.62. The van der Waals surface area contributed by atoms with Crippen molar-refractivity contribution in [3.8, 4) is 0 Å². The Balaban J connectivity index is 2.42. The van der Waals surface area contributed by atoms with Crippen molar-refractivity contribution in [2.75, 3.05) is 33.3 Å². The summed E-state index contributed by atoms with van der Waals surface area (Å²) in [6, 6.07) is -0.457. The molecule has 1 heterocycles. The highest BCUT2D eigenvalue weighted by Gasteiger charge is 2.41. The molecule has 7 heteroatoms. The van der Waals surface area contributed by atoms with Crippen LogP contribution in [0.15, 0.2) is 0 Å². The van der Waals surface area contributed by atoms with E-state index in [1.165, 1.54) is 0 Å². The molecule has 20 heavy (non-hydrogen) atoms. The lowest BCUT2D eigenvalue weighted by Crippen LogP contribution is -2.44. The van der Waals surface area contributed by atoms with E-state index >= 15 is 0 Å². The molecule has 1 aliphatic rings. The van der Waals surface area contributed by atoms with Crippen LogP contribution in [-0.2, 0) is 9.53 Å². The Hall–Kier alpha value is -0.820. The predicted molar refractivity (Wildman–Crippen MR) is 69.3 cm³/mol. The molecule has 2 atom stereocenters. The first-order chi connectivity index (χ1) is 9.38. The van der Waals surface area contributed by atoms with Crippen molar-refractivity contribution in [3.63, 3.8) is 0 Å². The molecule has 0 aromatic heterocycles. The van der Waals surface area contributed by atoms with E-state index in [0.717, 1.165) is 0 Å². The van der Waals surface area contributed by atoms with Crippen molar-refractivity contribution in [3.05, 3.63) is 0 Å². The molecule has 0 aromatic carbocycles. The number of carbonyl (C=O) groups is 1. The highest BCUT2D eigenvalue weighted by molar-refractivity contribution is 5.75. The second-order valence-corrected chi connectivity index (χ2v) is 5.06. The normalized spacial score (nSPS) is 22.6. The number of ether oxygens (including phenoxy) is 1. The van der Waals surface area contributed by atoms with Gasteiger partial charge in [-0.3, -0.25) is 4.79 Å². The molecule has 1 N–H and O–H groups in total. The van der Waals surface area contributed by atoms with Gasteiger partial charge in [0.15, 0.2) is 0 Å². The molecule has 0 bridgehead atoms. The van der Waals surface area contributed by atoms with Crippen molar-refractivity contribution in [2.45, 2.75) is 38.4 Å². The van der Waals surface area contributed by atoms with E-state index in [-0.39, 0.29) is 18.9 Å². The number of alkyl halides is 3. The van der Waals surface area contributed by atoms with Gasteiger partial charge in [0.25, 0.3) is 0 Å². The minimum Gasteiger partial charge on any atom is -0.465 e. The Bertz CT molecular complexity index is 310. The van der Waals surface area contributed by atoms with E-state index in [1.54, 1.807) is 18.9 Å². The summed E-state index contributed by atoms with van der Waals surface area (Å²) in [6.07, 6.45) is -2.91. The van der Waals surface area contributed by atoms with E-state index in [1.807, 2.05) is 0 Å². The van der Waals surface area contributed by atoms with Crippen LogP contribution in [-0.4, -0.2) is 56.4 Å². The largest absolute Gasteiger partial charge is 0.465 e. The first-order valence-corrected chi connectivity index (χ1v) is 7.01. The summed E-state index contributed by atoms with van der Waals surface area (Å²) in [5.74, 6) is -1.59. The van der Waals surface area contributed by atoms with Crippen molar-refractivity contribution in [1.82, 2.24) is 10.2 Å². The Morgan fingerprint density at radius 2 is 2.20 bits per heavy atom. The Kier molecular flexibility index (Phi) is 6.75. The molecular weight excluding hydrogens is 273 g/mol. The number of likely N-dealkylation sites (N-methyl/N-ethyl adjacent to an activating group) is 1. The van der Waals surface area contributed by atoms with E-state index in [4.69, 9.17) is 4.74 Å². The van der Waals surface area contributed by atoms with Gasteiger partial charge in [-0.05, 0) is 39.8 Å². The summed E-state index contributed by atoms with van der Waals surface area (Å²) in [5, 5.41) is 2.84. The van der Waals surface area contributed by atoms with Crippen LogP contribution in [0, 0.1) is 5.92 Å². The monoisotopic (exact) mass is 296 g/mol. The van der Waals surface area contributed by atoms with E-state index in [2.05, 4.69) is 5.32 Å². The number of piperidine rings is 1. The minimum atomic E-state index is -4.12. The molecule has 2 unspecified atom stereocenters. The van der Waals surface area contributed by atoms with Crippen LogP contribution in [0.5, 0.6) is 0 Å². The summed E-state index contributed by atoms with van der Waals surface area (Å²) in [5.41, 5.74) is 0. The molecule has 0 aromatic rings. The van der Waals surface area contributed by atoms with Crippen LogP contribution >= 0.6 is 0 Å². The smallest absolute Gasteiger partial charge is 0.393 e. The molecule has 4 nitrogen and oxygen atoms in total. The number of esters is 1. The van der Waals surface area contributed by atoms with Gasteiger partial charge in [0, 0.05) is 13.1 Å². The number of hydrogen-bond donors (Lipinski definition) is 1. The van der Waals surface area contributed by atoms with Crippen molar-refractivity contribution in [1.29, 1.82) is 0 Å². The summed E-state index contributed by atoms with van der Waals surface area (Å²) >= 11 is 0. The highest BCUT2D eigenvalue weighted by Crippen LogP contribution is 2.33. The number of likely N-dealkylation sites (tertiary alicyclic amines) is 1. The van der Waals surface area contributed by atoms with Gasteiger partial charge >= 0.3 is 12.1 Å². The van der Waals surface area contributed by atoms with E-state index in [9.17, 15) is 18.0 Å². The maximum absolute atomic E-state index is 12.7. The fraction of sp³-hybridized carbons (Fsp3) is 0.923. The zero-order chi connectivity index (χ0) is 15.2. The molecule has 1 aliphatic heterocycles. The van der Waals surface area contributed by atoms with Crippen molar-refractivity contribution < 1.29 is 22.7 Å². The fourth-order valence-electron chi connectivity index (χ4n) is 2.46. The van der Waals surface area contributed by atoms with Gasteiger partial charge in [-0.15, -0.1) is 0 Å². The van der Waals surface area contributed by atoms with Crippen LogP contribution in [0.25, 0.3) is 0 Å². The molecule has 0 spiro atoms.